The molecule has 8 atom stereocenters. The molecule has 4 saturated carbocycles. The Bertz CT molecular complexity index is 557. The molecule has 1 N–H and O–H groups in total. The van der Waals surface area contributed by atoms with Crippen molar-refractivity contribution in [2.24, 2.45) is 34.5 Å². The number of terminal acetylenes is 1. The summed E-state index contributed by atoms with van der Waals surface area (Å²) in [6.07, 6.45) is 16.7. The van der Waals surface area contributed by atoms with Crippen LogP contribution in [0.1, 0.15) is 71.6 Å². The standard InChI is InChI=1S/C22H34O2.Na.H/c1-5-22(23)13-12-20(2)15(14-22)6-7-16-17-8-9-19(24-4)21(17,3)11-10-18(16)20;;/h1,15-19,23H,6-14H2,2-4H3;;/t15?,16-,17-,18+,19?,20-,21-,22?;;/m0../s1. The molecule has 0 aromatic rings. The molecule has 0 amide bonds. The minimum atomic E-state index is -0.839. The summed E-state index contributed by atoms with van der Waals surface area (Å²) in [6.45, 7) is 5.03. The molecule has 4 aliphatic carbocycles. The third-order valence-electron chi connectivity index (χ3n) is 9.19. The van der Waals surface area contributed by atoms with Crippen LogP contribution in [0.4, 0.5) is 0 Å². The minimum absolute atomic E-state index is 0. The summed E-state index contributed by atoms with van der Waals surface area (Å²) >= 11 is 0. The Balaban J connectivity index is 0.00000182. The molecular formula is C22H35NaO2. The van der Waals surface area contributed by atoms with E-state index in [-0.39, 0.29) is 29.6 Å². The van der Waals surface area contributed by atoms with Crippen LogP contribution in [-0.2, 0) is 4.74 Å². The predicted octanol–water partition coefficient (Wildman–Crippen LogP) is 3.76. The number of ether oxygens (including phenoxy) is 1. The van der Waals surface area contributed by atoms with E-state index < -0.39 is 5.60 Å². The van der Waals surface area contributed by atoms with Crippen molar-refractivity contribution in [3.05, 3.63) is 0 Å². The molecule has 136 valence electrons. The Morgan fingerprint density at radius 3 is 2.36 bits per heavy atom. The van der Waals surface area contributed by atoms with Crippen LogP contribution < -0.4 is 0 Å². The molecule has 0 saturated heterocycles. The Labute approximate surface area is 176 Å². The second-order valence-corrected chi connectivity index (χ2v) is 9.88. The second-order valence-electron chi connectivity index (χ2n) is 9.88. The van der Waals surface area contributed by atoms with Crippen molar-refractivity contribution in [2.45, 2.75) is 83.3 Å². The van der Waals surface area contributed by atoms with E-state index in [9.17, 15) is 5.11 Å². The summed E-state index contributed by atoms with van der Waals surface area (Å²) in [5.41, 5.74) is -0.0550. The Hall–Kier alpha value is 0.480. The van der Waals surface area contributed by atoms with Gasteiger partial charge in [-0.15, -0.1) is 6.42 Å². The number of hydrogen-bond donors (Lipinski definition) is 1. The monoisotopic (exact) mass is 354 g/mol. The number of aliphatic hydroxyl groups is 1. The summed E-state index contributed by atoms with van der Waals surface area (Å²) in [6, 6.07) is 0. The van der Waals surface area contributed by atoms with Crippen molar-refractivity contribution in [1.82, 2.24) is 0 Å². The molecule has 25 heavy (non-hydrogen) atoms. The number of methoxy groups -OCH3 is 1. The van der Waals surface area contributed by atoms with Gasteiger partial charge in [0.15, 0.2) is 0 Å². The first-order valence-electron chi connectivity index (χ1n) is 10.1. The van der Waals surface area contributed by atoms with E-state index in [1.807, 2.05) is 7.11 Å². The summed E-state index contributed by atoms with van der Waals surface area (Å²) in [5.74, 6) is 5.84. The van der Waals surface area contributed by atoms with E-state index >= 15 is 0 Å². The van der Waals surface area contributed by atoms with Crippen LogP contribution in [0.2, 0.25) is 0 Å². The quantitative estimate of drug-likeness (QED) is 0.574. The molecule has 2 nitrogen and oxygen atoms in total. The maximum absolute atomic E-state index is 10.6. The van der Waals surface area contributed by atoms with Gasteiger partial charge in [-0.1, -0.05) is 19.8 Å². The Kier molecular flexibility index (Phi) is 5.52. The molecule has 0 aliphatic heterocycles. The van der Waals surface area contributed by atoms with Crippen LogP contribution in [0, 0.1) is 46.8 Å². The molecule has 0 radical (unpaired) electrons. The van der Waals surface area contributed by atoms with Crippen molar-refractivity contribution >= 4 is 29.6 Å². The van der Waals surface area contributed by atoms with Gasteiger partial charge in [0.05, 0.1) is 6.10 Å². The third-order valence-corrected chi connectivity index (χ3v) is 9.19. The van der Waals surface area contributed by atoms with Gasteiger partial charge in [0.1, 0.15) is 5.60 Å². The zero-order valence-corrected chi connectivity index (χ0v) is 15.7. The van der Waals surface area contributed by atoms with Crippen LogP contribution in [0.5, 0.6) is 0 Å². The van der Waals surface area contributed by atoms with Gasteiger partial charge in [-0.3, -0.25) is 0 Å². The van der Waals surface area contributed by atoms with Crippen LogP contribution in [0.25, 0.3) is 0 Å². The van der Waals surface area contributed by atoms with Crippen molar-refractivity contribution in [2.75, 3.05) is 7.11 Å². The first kappa shape index (κ1) is 20.2. The van der Waals surface area contributed by atoms with E-state index in [2.05, 4.69) is 19.8 Å². The number of hydrogen-bond acceptors (Lipinski definition) is 2. The molecule has 0 spiro atoms. The molecule has 3 heteroatoms. The molecule has 4 fully saturated rings. The SMILES string of the molecule is C#CC1(O)CC[C@@]2(C)C(CC[C@@H]3[C@H]2CC[C@]2(C)C(OC)CC[C@@H]32)C1.[NaH]. The van der Waals surface area contributed by atoms with E-state index in [0.29, 0.717) is 22.9 Å². The topological polar surface area (TPSA) is 29.5 Å². The average molecular weight is 355 g/mol. The molecule has 4 rings (SSSR count). The van der Waals surface area contributed by atoms with Gasteiger partial charge in [0, 0.05) is 7.11 Å². The number of fused-ring (bicyclic) bond motifs is 5. The summed E-state index contributed by atoms with van der Waals surface area (Å²) in [4.78, 5) is 0. The normalized spacial score (nSPS) is 54.4. The fourth-order valence-corrected chi connectivity index (χ4v) is 7.72. The van der Waals surface area contributed by atoms with Crippen molar-refractivity contribution in [3.8, 4) is 12.3 Å². The molecular weight excluding hydrogens is 319 g/mol. The van der Waals surface area contributed by atoms with E-state index in [1.165, 1.54) is 38.5 Å². The fourth-order valence-electron chi connectivity index (χ4n) is 7.72. The first-order chi connectivity index (χ1) is 11.4. The molecule has 0 heterocycles. The van der Waals surface area contributed by atoms with Crippen LogP contribution in [0.3, 0.4) is 0 Å². The summed E-state index contributed by atoms with van der Waals surface area (Å²) < 4.78 is 5.88. The predicted molar refractivity (Wildman–Crippen MR) is 103 cm³/mol. The third kappa shape index (κ3) is 2.89. The van der Waals surface area contributed by atoms with Crippen molar-refractivity contribution in [1.29, 1.82) is 0 Å². The zero-order valence-electron chi connectivity index (χ0n) is 15.7. The van der Waals surface area contributed by atoms with Gasteiger partial charge in [0.2, 0.25) is 0 Å². The van der Waals surface area contributed by atoms with Crippen LogP contribution >= 0.6 is 0 Å². The van der Waals surface area contributed by atoms with Gasteiger partial charge in [0.25, 0.3) is 0 Å². The molecule has 4 aliphatic rings. The molecule has 0 aromatic carbocycles. The number of rotatable bonds is 1. The van der Waals surface area contributed by atoms with Gasteiger partial charge in [-0.05, 0) is 92.3 Å². The first-order valence-corrected chi connectivity index (χ1v) is 10.1. The van der Waals surface area contributed by atoms with Gasteiger partial charge in [-0.25, -0.2) is 0 Å². The van der Waals surface area contributed by atoms with Crippen molar-refractivity contribution in [3.63, 3.8) is 0 Å². The van der Waals surface area contributed by atoms with Gasteiger partial charge >= 0.3 is 29.6 Å². The van der Waals surface area contributed by atoms with Crippen LogP contribution in [-0.4, -0.2) is 53.5 Å². The Morgan fingerprint density at radius 1 is 0.960 bits per heavy atom. The zero-order chi connectivity index (χ0) is 17.2. The molecule has 3 unspecified atom stereocenters. The Morgan fingerprint density at radius 2 is 1.68 bits per heavy atom. The van der Waals surface area contributed by atoms with E-state index in [4.69, 9.17) is 11.2 Å². The maximum atomic E-state index is 10.6. The molecule has 0 aromatic heterocycles. The molecule has 0 bridgehead atoms. The summed E-state index contributed by atoms with van der Waals surface area (Å²) in [7, 11) is 1.91. The summed E-state index contributed by atoms with van der Waals surface area (Å²) in [5, 5.41) is 10.6. The van der Waals surface area contributed by atoms with Gasteiger partial charge in [-0.2, -0.15) is 0 Å². The fraction of sp³-hybridized carbons (Fsp3) is 0.909. The van der Waals surface area contributed by atoms with E-state index in [1.54, 1.807) is 0 Å². The average Bonchev–Trinajstić information content (AvgIpc) is 2.92. The van der Waals surface area contributed by atoms with E-state index in [0.717, 1.165) is 37.0 Å². The van der Waals surface area contributed by atoms with Crippen molar-refractivity contribution < 1.29 is 9.84 Å². The second kappa shape index (κ2) is 6.82. The van der Waals surface area contributed by atoms with Gasteiger partial charge < -0.3 is 9.84 Å². The van der Waals surface area contributed by atoms with Crippen LogP contribution in [0.15, 0.2) is 0 Å².